The Morgan fingerprint density at radius 1 is 1.40 bits per heavy atom. The highest BCUT2D eigenvalue weighted by Gasteiger charge is 2.16. The predicted molar refractivity (Wildman–Crippen MR) is 65.6 cm³/mol. The van der Waals surface area contributed by atoms with Crippen molar-refractivity contribution in [2.24, 2.45) is 5.92 Å². The third-order valence-corrected chi connectivity index (χ3v) is 3.22. The first-order valence-electron chi connectivity index (χ1n) is 6.13. The molecule has 1 aliphatic rings. The lowest BCUT2D eigenvalue weighted by molar-refractivity contribution is 0.0154. The number of halogens is 1. The minimum absolute atomic E-state index is 0.414. The predicted octanol–water partition coefficient (Wildman–Crippen LogP) is 2.80. The van der Waals surface area contributed by atoms with Gasteiger partial charge in [-0.05, 0) is 31.6 Å². The zero-order valence-electron chi connectivity index (χ0n) is 9.97. The number of nitrogens with one attached hydrogen (secondary N) is 1. The van der Waals surface area contributed by atoms with Crippen molar-refractivity contribution >= 4 is 11.6 Å². The second kappa shape index (κ2) is 7.48. The van der Waals surface area contributed by atoms with Gasteiger partial charge in [-0.2, -0.15) is 0 Å². The molecule has 1 heterocycles. The lowest BCUT2D eigenvalue weighted by atomic mass is 10.0. The van der Waals surface area contributed by atoms with E-state index >= 15 is 0 Å². The molecular weight excluding hydrogens is 210 g/mol. The zero-order chi connectivity index (χ0) is 11.1. The van der Waals surface area contributed by atoms with E-state index in [0.717, 1.165) is 19.6 Å². The fourth-order valence-electron chi connectivity index (χ4n) is 2.04. The van der Waals surface area contributed by atoms with Crippen LogP contribution in [0.4, 0.5) is 0 Å². The summed E-state index contributed by atoms with van der Waals surface area (Å²) in [5.74, 6) is 1.40. The molecule has 2 nitrogen and oxygen atoms in total. The molecule has 0 aromatic carbocycles. The minimum atomic E-state index is 0.414. The van der Waals surface area contributed by atoms with Crippen molar-refractivity contribution in [2.45, 2.75) is 51.7 Å². The average molecular weight is 234 g/mol. The van der Waals surface area contributed by atoms with Crippen LogP contribution in [-0.2, 0) is 4.74 Å². The van der Waals surface area contributed by atoms with Gasteiger partial charge in [0.15, 0.2) is 0 Å². The van der Waals surface area contributed by atoms with E-state index in [2.05, 4.69) is 19.2 Å². The molecule has 2 atom stereocenters. The molecule has 0 aromatic rings. The molecule has 0 aromatic heterocycles. The lowest BCUT2D eigenvalue weighted by Crippen LogP contribution is -2.39. The summed E-state index contributed by atoms with van der Waals surface area (Å²) in [6.45, 7) is 6.36. The first-order valence-corrected chi connectivity index (χ1v) is 6.66. The Balaban J connectivity index is 2.14. The molecule has 1 N–H and O–H groups in total. The summed E-state index contributed by atoms with van der Waals surface area (Å²) >= 11 is 5.93. The molecule has 2 unspecified atom stereocenters. The first kappa shape index (κ1) is 13.3. The summed E-state index contributed by atoms with van der Waals surface area (Å²) in [5.41, 5.74) is 0. The Hall–Kier alpha value is 0.210. The molecule has 0 radical (unpaired) electrons. The number of rotatable bonds is 6. The van der Waals surface area contributed by atoms with E-state index in [9.17, 15) is 0 Å². The Bertz CT molecular complexity index is 158. The van der Waals surface area contributed by atoms with Crippen LogP contribution in [0.25, 0.3) is 0 Å². The third-order valence-electron chi connectivity index (χ3n) is 2.85. The van der Waals surface area contributed by atoms with Crippen LogP contribution < -0.4 is 5.32 Å². The average Bonchev–Trinajstić information content (AvgIpc) is 2.25. The van der Waals surface area contributed by atoms with E-state index in [4.69, 9.17) is 16.3 Å². The van der Waals surface area contributed by atoms with Crippen LogP contribution in [0.2, 0.25) is 0 Å². The lowest BCUT2D eigenvalue weighted by Gasteiger charge is -2.26. The molecule has 0 aliphatic carbocycles. The van der Waals surface area contributed by atoms with Gasteiger partial charge in [0.2, 0.25) is 0 Å². The summed E-state index contributed by atoms with van der Waals surface area (Å²) in [6, 6.07) is 0.442. The Morgan fingerprint density at radius 2 is 2.20 bits per heavy atom. The van der Waals surface area contributed by atoms with E-state index < -0.39 is 0 Å². The molecule has 0 bridgehead atoms. The van der Waals surface area contributed by atoms with Crippen LogP contribution in [0, 0.1) is 5.92 Å². The molecule has 1 fully saturated rings. The first-order chi connectivity index (χ1) is 7.22. The van der Waals surface area contributed by atoms with Crippen molar-refractivity contribution in [3.8, 4) is 0 Å². The monoisotopic (exact) mass is 233 g/mol. The standard InChI is InChI=1S/C12H24ClNO/c1-10(2)7-11(8-13)14-9-12-5-3-4-6-15-12/h10-12,14H,3-9H2,1-2H3. The normalized spacial score (nSPS) is 24.4. The van der Waals surface area contributed by atoms with E-state index in [1.54, 1.807) is 0 Å². The third kappa shape index (κ3) is 5.74. The number of hydrogen-bond donors (Lipinski definition) is 1. The van der Waals surface area contributed by atoms with E-state index in [1.165, 1.54) is 19.3 Å². The number of alkyl halides is 1. The Labute approximate surface area is 98.7 Å². The SMILES string of the molecule is CC(C)CC(CCl)NCC1CCCCO1. The van der Waals surface area contributed by atoms with Crippen LogP contribution in [-0.4, -0.2) is 31.2 Å². The minimum Gasteiger partial charge on any atom is -0.377 e. The summed E-state index contributed by atoms with van der Waals surface area (Å²) in [4.78, 5) is 0. The molecule has 1 rings (SSSR count). The van der Waals surface area contributed by atoms with E-state index in [1.807, 2.05) is 0 Å². The van der Waals surface area contributed by atoms with Crippen molar-refractivity contribution < 1.29 is 4.74 Å². The molecule has 3 heteroatoms. The quantitative estimate of drug-likeness (QED) is 0.713. The highest BCUT2D eigenvalue weighted by atomic mass is 35.5. The highest BCUT2D eigenvalue weighted by Crippen LogP contribution is 2.13. The zero-order valence-corrected chi connectivity index (χ0v) is 10.7. The van der Waals surface area contributed by atoms with Gasteiger partial charge in [0.25, 0.3) is 0 Å². The van der Waals surface area contributed by atoms with Crippen molar-refractivity contribution in [3.63, 3.8) is 0 Å². The maximum atomic E-state index is 5.93. The smallest absolute Gasteiger partial charge is 0.0699 e. The van der Waals surface area contributed by atoms with Gasteiger partial charge < -0.3 is 10.1 Å². The fourth-order valence-corrected chi connectivity index (χ4v) is 2.27. The maximum absolute atomic E-state index is 5.93. The Kier molecular flexibility index (Phi) is 6.62. The molecule has 90 valence electrons. The number of ether oxygens (including phenoxy) is 1. The summed E-state index contributed by atoms with van der Waals surface area (Å²) < 4.78 is 5.67. The van der Waals surface area contributed by atoms with Crippen molar-refractivity contribution in [3.05, 3.63) is 0 Å². The van der Waals surface area contributed by atoms with Gasteiger partial charge in [-0.15, -0.1) is 11.6 Å². The van der Waals surface area contributed by atoms with Crippen LogP contribution in [0.15, 0.2) is 0 Å². The van der Waals surface area contributed by atoms with Crippen LogP contribution in [0.5, 0.6) is 0 Å². The molecule has 0 saturated carbocycles. The summed E-state index contributed by atoms with van der Waals surface area (Å²) in [6.07, 6.45) is 5.29. The summed E-state index contributed by atoms with van der Waals surface area (Å²) in [5, 5.41) is 3.51. The maximum Gasteiger partial charge on any atom is 0.0699 e. The topological polar surface area (TPSA) is 21.3 Å². The molecular formula is C12H24ClNO. The van der Waals surface area contributed by atoms with Crippen molar-refractivity contribution in [2.75, 3.05) is 19.0 Å². The van der Waals surface area contributed by atoms with Gasteiger partial charge in [0, 0.05) is 25.1 Å². The van der Waals surface area contributed by atoms with Gasteiger partial charge in [0.05, 0.1) is 6.10 Å². The van der Waals surface area contributed by atoms with Crippen molar-refractivity contribution in [1.29, 1.82) is 0 Å². The van der Waals surface area contributed by atoms with Crippen LogP contribution >= 0.6 is 11.6 Å². The van der Waals surface area contributed by atoms with Crippen LogP contribution in [0.3, 0.4) is 0 Å². The van der Waals surface area contributed by atoms with Gasteiger partial charge in [-0.25, -0.2) is 0 Å². The van der Waals surface area contributed by atoms with Crippen molar-refractivity contribution in [1.82, 2.24) is 5.32 Å². The van der Waals surface area contributed by atoms with E-state index in [0.29, 0.717) is 23.9 Å². The van der Waals surface area contributed by atoms with Gasteiger partial charge in [-0.3, -0.25) is 0 Å². The second-order valence-electron chi connectivity index (χ2n) is 4.88. The second-order valence-corrected chi connectivity index (χ2v) is 5.19. The fraction of sp³-hybridized carbons (Fsp3) is 1.00. The molecule has 0 amide bonds. The molecule has 1 aliphatic heterocycles. The highest BCUT2D eigenvalue weighted by molar-refractivity contribution is 6.18. The van der Waals surface area contributed by atoms with E-state index in [-0.39, 0.29) is 0 Å². The van der Waals surface area contributed by atoms with Gasteiger partial charge in [0.1, 0.15) is 0 Å². The molecule has 0 spiro atoms. The van der Waals surface area contributed by atoms with Gasteiger partial charge in [-0.1, -0.05) is 13.8 Å². The molecule has 15 heavy (non-hydrogen) atoms. The van der Waals surface area contributed by atoms with Crippen LogP contribution in [0.1, 0.15) is 39.5 Å². The summed E-state index contributed by atoms with van der Waals surface area (Å²) in [7, 11) is 0. The van der Waals surface area contributed by atoms with Gasteiger partial charge >= 0.3 is 0 Å². The number of hydrogen-bond acceptors (Lipinski definition) is 2. The molecule has 1 saturated heterocycles. The largest absolute Gasteiger partial charge is 0.377 e. The Morgan fingerprint density at radius 3 is 2.73 bits per heavy atom.